The maximum absolute atomic E-state index is 12.7. The molecule has 4 rings (SSSR count). The van der Waals surface area contributed by atoms with Crippen molar-refractivity contribution in [3.63, 3.8) is 0 Å². The molecular weight excluding hydrogens is 322 g/mol. The van der Waals surface area contributed by atoms with Gasteiger partial charge in [-0.15, -0.1) is 0 Å². The minimum atomic E-state index is -0.452. The minimum absolute atomic E-state index is 0.116. The summed E-state index contributed by atoms with van der Waals surface area (Å²) in [5.74, 6) is 0.388. The van der Waals surface area contributed by atoms with Gasteiger partial charge in [0.1, 0.15) is 17.9 Å². The fraction of sp³-hybridized carbons (Fsp3) is 0.444. The number of amides is 2. The Bertz CT molecular complexity index is 748. The summed E-state index contributed by atoms with van der Waals surface area (Å²) < 4.78 is 11.2. The molecule has 0 radical (unpaired) electrons. The van der Waals surface area contributed by atoms with Crippen molar-refractivity contribution < 1.29 is 19.1 Å². The maximum atomic E-state index is 12.7. The van der Waals surface area contributed by atoms with Crippen LogP contribution >= 0.6 is 0 Å². The predicted molar refractivity (Wildman–Crippen MR) is 89.8 cm³/mol. The average Bonchev–Trinajstić information content (AvgIpc) is 3.12. The van der Waals surface area contributed by atoms with Gasteiger partial charge in [0.2, 0.25) is 5.91 Å². The highest BCUT2D eigenvalue weighted by molar-refractivity contribution is 6.01. The number of fused-ring (bicyclic) bond motifs is 1. The molecule has 3 aliphatic heterocycles. The van der Waals surface area contributed by atoms with Crippen molar-refractivity contribution in [3.8, 4) is 5.75 Å². The summed E-state index contributed by atoms with van der Waals surface area (Å²) in [6.07, 6.45) is 1.10. The van der Waals surface area contributed by atoms with E-state index in [9.17, 15) is 9.59 Å². The van der Waals surface area contributed by atoms with Crippen molar-refractivity contribution in [2.24, 2.45) is 5.73 Å². The second kappa shape index (κ2) is 6.16. The molecule has 0 spiro atoms. The summed E-state index contributed by atoms with van der Waals surface area (Å²) in [6, 6.07) is 4.79. The van der Waals surface area contributed by atoms with Gasteiger partial charge in [-0.1, -0.05) is 6.58 Å². The molecule has 2 saturated heterocycles. The van der Waals surface area contributed by atoms with Gasteiger partial charge >= 0.3 is 0 Å². The second-order valence-electron chi connectivity index (χ2n) is 6.76. The van der Waals surface area contributed by atoms with Crippen LogP contribution in [0.1, 0.15) is 28.8 Å². The van der Waals surface area contributed by atoms with E-state index < -0.39 is 6.04 Å². The van der Waals surface area contributed by atoms with Crippen molar-refractivity contribution >= 4 is 11.8 Å². The molecule has 1 aromatic carbocycles. The first-order chi connectivity index (χ1) is 12.0. The molecule has 7 nitrogen and oxygen atoms in total. The lowest BCUT2D eigenvalue weighted by molar-refractivity contribution is -0.126. The number of carbonyl (C=O) groups is 2. The van der Waals surface area contributed by atoms with Gasteiger partial charge in [0.25, 0.3) is 5.91 Å². The Morgan fingerprint density at radius 3 is 2.88 bits per heavy atom. The maximum Gasteiger partial charge on any atom is 0.255 e. The summed E-state index contributed by atoms with van der Waals surface area (Å²) in [6.45, 7) is 5.14. The molecule has 2 amide bonds. The van der Waals surface area contributed by atoms with Crippen molar-refractivity contribution in [2.75, 3.05) is 13.2 Å². The smallest absolute Gasteiger partial charge is 0.255 e. The second-order valence-corrected chi connectivity index (χ2v) is 6.76. The van der Waals surface area contributed by atoms with E-state index >= 15 is 0 Å². The Morgan fingerprint density at radius 2 is 2.16 bits per heavy atom. The summed E-state index contributed by atoms with van der Waals surface area (Å²) in [7, 11) is 0. The fourth-order valence-corrected chi connectivity index (χ4v) is 3.55. The third kappa shape index (κ3) is 2.89. The largest absolute Gasteiger partial charge is 0.486 e. The number of hydrogen-bond donors (Lipinski definition) is 2. The molecule has 0 aromatic heterocycles. The Kier molecular flexibility index (Phi) is 3.97. The molecule has 0 bridgehead atoms. The molecule has 132 valence electrons. The van der Waals surface area contributed by atoms with E-state index in [1.165, 1.54) is 0 Å². The normalized spacial score (nSPS) is 28.9. The molecule has 7 heteroatoms. The van der Waals surface area contributed by atoms with E-state index in [1.807, 2.05) is 6.07 Å². The zero-order valence-electron chi connectivity index (χ0n) is 13.9. The van der Waals surface area contributed by atoms with E-state index in [-0.39, 0.29) is 24.0 Å². The monoisotopic (exact) mass is 343 g/mol. The number of piperidine rings is 1. The highest BCUT2D eigenvalue weighted by Gasteiger charge is 2.38. The summed E-state index contributed by atoms with van der Waals surface area (Å²) >= 11 is 0. The van der Waals surface area contributed by atoms with E-state index in [4.69, 9.17) is 15.2 Å². The number of nitrogens with one attached hydrogen (secondary N) is 1. The number of rotatable bonds is 3. The first kappa shape index (κ1) is 16.1. The average molecular weight is 343 g/mol. The molecule has 3 aliphatic rings. The van der Waals surface area contributed by atoms with Crippen molar-refractivity contribution in [1.29, 1.82) is 0 Å². The van der Waals surface area contributed by atoms with Gasteiger partial charge < -0.3 is 25.4 Å². The Morgan fingerprint density at radius 1 is 1.32 bits per heavy atom. The Labute approximate surface area is 145 Å². The van der Waals surface area contributed by atoms with Gasteiger partial charge in [-0.2, -0.15) is 0 Å². The number of nitrogens with zero attached hydrogens (tertiary/aromatic N) is 1. The van der Waals surface area contributed by atoms with Crippen LogP contribution in [0, 0.1) is 0 Å². The van der Waals surface area contributed by atoms with E-state index in [0.717, 1.165) is 5.56 Å². The lowest BCUT2D eigenvalue weighted by Crippen LogP contribution is -2.49. The molecule has 2 fully saturated rings. The third-order valence-corrected chi connectivity index (χ3v) is 4.96. The molecule has 0 saturated carbocycles. The third-order valence-electron chi connectivity index (χ3n) is 4.96. The molecule has 1 unspecified atom stereocenters. The van der Waals surface area contributed by atoms with Crippen molar-refractivity contribution in [3.05, 3.63) is 41.6 Å². The molecule has 1 aromatic rings. The van der Waals surface area contributed by atoms with Gasteiger partial charge in [0.15, 0.2) is 0 Å². The van der Waals surface area contributed by atoms with Crippen LogP contribution in [0.3, 0.4) is 0 Å². The van der Waals surface area contributed by atoms with Gasteiger partial charge in [0.05, 0.1) is 19.3 Å². The van der Waals surface area contributed by atoms with E-state index in [1.54, 1.807) is 17.0 Å². The lowest BCUT2D eigenvalue weighted by Gasteiger charge is -2.30. The van der Waals surface area contributed by atoms with Crippen LogP contribution in [-0.2, 0) is 16.1 Å². The molecule has 3 N–H and O–H groups in total. The highest BCUT2D eigenvalue weighted by Crippen LogP contribution is 2.31. The zero-order valence-corrected chi connectivity index (χ0v) is 13.9. The van der Waals surface area contributed by atoms with Crippen LogP contribution in [0.5, 0.6) is 5.75 Å². The van der Waals surface area contributed by atoms with Crippen LogP contribution in [0.4, 0.5) is 0 Å². The quantitative estimate of drug-likeness (QED) is 0.835. The lowest BCUT2D eigenvalue weighted by atomic mass is 10.0. The number of benzene rings is 1. The summed E-state index contributed by atoms with van der Waals surface area (Å²) in [5.41, 5.74) is 8.14. The number of allylic oxidation sites excluding steroid dienone is 1. The van der Waals surface area contributed by atoms with Gasteiger partial charge in [-0.05, 0) is 36.6 Å². The topological polar surface area (TPSA) is 93.9 Å². The zero-order chi connectivity index (χ0) is 17.6. The molecule has 3 atom stereocenters. The van der Waals surface area contributed by atoms with Crippen molar-refractivity contribution in [2.45, 2.75) is 37.6 Å². The standard InChI is InChI=1S/C18H21N3O4/c1-10-2-5-15(17(22)20-10)21-7-11-6-12(3-4-13(11)18(21)23)25-16-9-24-8-14(16)19/h3-4,6,14-16H,1-2,5,7-9,19H2,(H,20,22)/t14-,15?,16+/m0/s1. The SMILES string of the molecule is C=C1CCC(N2Cc3cc(O[C@@H]4COC[C@@H]4N)ccc3C2=O)C(=O)N1. The van der Waals surface area contributed by atoms with E-state index in [2.05, 4.69) is 11.9 Å². The Hall–Kier alpha value is -2.38. The minimum Gasteiger partial charge on any atom is -0.486 e. The first-order valence-electron chi connectivity index (χ1n) is 8.45. The van der Waals surface area contributed by atoms with Gasteiger partial charge in [-0.3, -0.25) is 9.59 Å². The Balaban J connectivity index is 1.51. The first-order valence-corrected chi connectivity index (χ1v) is 8.45. The molecule has 0 aliphatic carbocycles. The van der Waals surface area contributed by atoms with Crippen LogP contribution < -0.4 is 15.8 Å². The number of carbonyl (C=O) groups excluding carboxylic acids is 2. The summed E-state index contributed by atoms with van der Waals surface area (Å²) in [5, 5.41) is 2.74. The van der Waals surface area contributed by atoms with Crippen LogP contribution in [0.25, 0.3) is 0 Å². The van der Waals surface area contributed by atoms with Crippen molar-refractivity contribution in [1.82, 2.24) is 10.2 Å². The number of nitrogens with two attached hydrogens (primary N) is 1. The molecule has 3 heterocycles. The summed E-state index contributed by atoms with van der Waals surface area (Å²) in [4.78, 5) is 26.5. The number of hydrogen-bond acceptors (Lipinski definition) is 5. The highest BCUT2D eigenvalue weighted by atomic mass is 16.5. The fourth-order valence-electron chi connectivity index (χ4n) is 3.55. The number of ether oxygens (including phenoxy) is 2. The van der Waals surface area contributed by atoms with Gasteiger partial charge in [0, 0.05) is 17.8 Å². The predicted octanol–water partition coefficient (Wildman–Crippen LogP) is 0.540. The van der Waals surface area contributed by atoms with Crippen LogP contribution in [-0.4, -0.2) is 48.1 Å². The van der Waals surface area contributed by atoms with Gasteiger partial charge in [-0.25, -0.2) is 0 Å². The van der Waals surface area contributed by atoms with Crippen LogP contribution in [0.2, 0.25) is 0 Å². The van der Waals surface area contributed by atoms with Crippen LogP contribution in [0.15, 0.2) is 30.5 Å². The molecule has 25 heavy (non-hydrogen) atoms. The van der Waals surface area contributed by atoms with E-state index in [0.29, 0.717) is 49.6 Å². The molecular formula is C18H21N3O4.